The first-order chi connectivity index (χ1) is 8.66. The summed E-state index contributed by atoms with van der Waals surface area (Å²) in [4.78, 5) is 10.8. The number of pyridine rings is 2. The van der Waals surface area contributed by atoms with Crippen molar-refractivity contribution in [1.29, 1.82) is 0 Å². The molecule has 1 atom stereocenters. The molecular weight excluding hydrogens is 224 g/mol. The van der Waals surface area contributed by atoms with Crippen molar-refractivity contribution in [2.24, 2.45) is 5.73 Å². The van der Waals surface area contributed by atoms with Crippen molar-refractivity contribution in [2.45, 2.75) is 19.5 Å². The lowest BCUT2D eigenvalue weighted by Crippen LogP contribution is -2.18. The molecule has 0 aliphatic carbocycles. The molecule has 0 bridgehead atoms. The number of anilines is 1. The molecule has 0 saturated heterocycles. The van der Waals surface area contributed by atoms with E-state index in [0.29, 0.717) is 0 Å². The summed E-state index contributed by atoms with van der Waals surface area (Å²) in [6.07, 6.45) is 3.63. The Morgan fingerprint density at radius 1 is 1.22 bits per heavy atom. The number of aromatic nitrogens is 2. The van der Waals surface area contributed by atoms with E-state index in [4.69, 9.17) is 5.73 Å². The van der Waals surface area contributed by atoms with E-state index < -0.39 is 0 Å². The normalized spacial score (nSPS) is 12.2. The minimum absolute atomic E-state index is 0.0210. The fraction of sp³-hybridized carbons (Fsp3) is 0.286. The van der Waals surface area contributed by atoms with Gasteiger partial charge >= 0.3 is 0 Å². The highest BCUT2D eigenvalue weighted by molar-refractivity contribution is 5.39. The van der Waals surface area contributed by atoms with E-state index in [-0.39, 0.29) is 6.04 Å². The topological polar surface area (TPSA) is 55.0 Å². The molecule has 2 N–H and O–H groups in total. The molecule has 0 aromatic carbocycles. The van der Waals surface area contributed by atoms with Crippen LogP contribution in [-0.2, 0) is 6.54 Å². The Kier molecular flexibility index (Phi) is 3.89. The highest BCUT2D eigenvalue weighted by atomic mass is 15.2. The summed E-state index contributed by atoms with van der Waals surface area (Å²) in [7, 11) is 2.00. The lowest BCUT2D eigenvalue weighted by Gasteiger charge is -2.18. The third-order valence-corrected chi connectivity index (χ3v) is 2.81. The summed E-state index contributed by atoms with van der Waals surface area (Å²) in [6.45, 7) is 2.69. The van der Waals surface area contributed by atoms with Gasteiger partial charge < -0.3 is 10.6 Å². The Labute approximate surface area is 107 Å². The van der Waals surface area contributed by atoms with Crippen LogP contribution in [0.4, 0.5) is 5.82 Å². The zero-order chi connectivity index (χ0) is 13.0. The first kappa shape index (κ1) is 12.5. The Balaban J connectivity index is 2.07. The van der Waals surface area contributed by atoms with Crippen molar-refractivity contribution in [1.82, 2.24) is 9.97 Å². The van der Waals surface area contributed by atoms with Gasteiger partial charge in [0, 0.05) is 25.5 Å². The summed E-state index contributed by atoms with van der Waals surface area (Å²) in [5.41, 5.74) is 7.87. The third kappa shape index (κ3) is 3.05. The molecule has 0 aliphatic rings. The zero-order valence-corrected chi connectivity index (χ0v) is 10.7. The second kappa shape index (κ2) is 5.60. The van der Waals surface area contributed by atoms with E-state index in [1.54, 1.807) is 6.20 Å². The predicted octanol–water partition coefficient (Wildman–Crippen LogP) is 2.13. The fourth-order valence-corrected chi connectivity index (χ4v) is 1.71. The summed E-state index contributed by atoms with van der Waals surface area (Å²) in [6, 6.07) is 9.94. The molecular formula is C14H18N4. The Bertz CT molecular complexity index is 479. The van der Waals surface area contributed by atoms with Crippen molar-refractivity contribution < 1.29 is 0 Å². The molecule has 0 saturated carbocycles. The molecule has 2 heterocycles. The van der Waals surface area contributed by atoms with Crippen molar-refractivity contribution in [3.8, 4) is 0 Å². The van der Waals surface area contributed by atoms with Gasteiger partial charge in [0.05, 0.1) is 12.2 Å². The van der Waals surface area contributed by atoms with Crippen LogP contribution in [0.5, 0.6) is 0 Å². The minimum Gasteiger partial charge on any atom is -0.354 e. The molecule has 2 rings (SSSR count). The third-order valence-electron chi connectivity index (χ3n) is 2.81. The first-order valence-corrected chi connectivity index (χ1v) is 5.99. The number of hydrogen-bond donors (Lipinski definition) is 1. The monoisotopic (exact) mass is 242 g/mol. The SMILES string of the molecule is CC(N)c1ccc(N(C)Cc2ccccn2)nc1. The largest absolute Gasteiger partial charge is 0.354 e. The van der Waals surface area contributed by atoms with Gasteiger partial charge in [-0.1, -0.05) is 12.1 Å². The molecule has 94 valence electrons. The molecule has 0 amide bonds. The molecule has 4 nitrogen and oxygen atoms in total. The number of nitrogens with zero attached hydrogens (tertiary/aromatic N) is 3. The van der Waals surface area contributed by atoms with Crippen LogP contribution < -0.4 is 10.6 Å². The van der Waals surface area contributed by atoms with Gasteiger partial charge in [0.15, 0.2) is 0 Å². The van der Waals surface area contributed by atoms with Gasteiger partial charge in [0.1, 0.15) is 5.82 Å². The van der Waals surface area contributed by atoms with Crippen LogP contribution in [0.15, 0.2) is 42.7 Å². The summed E-state index contributed by atoms with van der Waals surface area (Å²) >= 11 is 0. The summed E-state index contributed by atoms with van der Waals surface area (Å²) in [5.74, 6) is 0.921. The van der Waals surface area contributed by atoms with Gasteiger partial charge in [-0.05, 0) is 30.7 Å². The van der Waals surface area contributed by atoms with Crippen molar-refractivity contribution in [3.63, 3.8) is 0 Å². The van der Waals surface area contributed by atoms with E-state index in [1.807, 2.05) is 50.5 Å². The lowest BCUT2D eigenvalue weighted by atomic mass is 10.1. The molecule has 0 spiro atoms. The van der Waals surface area contributed by atoms with Crippen LogP contribution in [0.1, 0.15) is 24.2 Å². The molecule has 4 heteroatoms. The molecule has 2 aromatic rings. The van der Waals surface area contributed by atoms with Crippen molar-refractivity contribution in [3.05, 3.63) is 54.0 Å². The Hall–Kier alpha value is -1.94. The van der Waals surface area contributed by atoms with Gasteiger partial charge in [-0.2, -0.15) is 0 Å². The number of nitrogens with two attached hydrogens (primary N) is 1. The van der Waals surface area contributed by atoms with E-state index in [9.17, 15) is 0 Å². The van der Waals surface area contributed by atoms with Gasteiger partial charge in [0.2, 0.25) is 0 Å². The maximum absolute atomic E-state index is 5.80. The highest BCUT2D eigenvalue weighted by Gasteiger charge is 2.05. The quantitative estimate of drug-likeness (QED) is 0.892. The summed E-state index contributed by atoms with van der Waals surface area (Å²) < 4.78 is 0. The molecule has 2 aromatic heterocycles. The second-order valence-electron chi connectivity index (χ2n) is 4.42. The lowest BCUT2D eigenvalue weighted by molar-refractivity contribution is 0.805. The van der Waals surface area contributed by atoms with Gasteiger partial charge in [-0.15, -0.1) is 0 Å². The average molecular weight is 242 g/mol. The Morgan fingerprint density at radius 3 is 2.61 bits per heavy atom. The maximum atomic E-state index is 5.80. The van der Waals surface area contributed by atoms with Crippen LogP contribution in [-0.4, -0.2) is 17.0 Å². The van der Waals surface area contributed by atoms with Crippen LogP contribution in [0.2, 0.25) is 0 Å². The van der Waals surface area contributed by atoms with Crippen LogP contribution >= 0.6 is 0 Å². The van der Waals surface area contributed by atoms with Gasteiger partial charge in [-0.25, -0.2) is 4.98 Å². The van der Waals surface area contributed by atoms with E-state index in [2.05, 4.69) is 14.9 Å². The Morgan fingerprint density at radius 2 is 2.06 bits per heavy atom. The standard InChI is InChI=1S/C14H18N4/c1-11(15)12-6-7-14(17-9-12)18(2)10-13-5-3-4-8-16-13/h3-9,11H,10,15H2,1-2H3. The molecule has 18 heavy (non-hydrogen) atoms. The van der Waals surface area contributed by atoms with E-state index in [0.717, 1.165) is 23.6 Å². The van der Waals surface area contributed by atoms with Crippen LogP contribution in [0, 0.1) is 0 Å². The number of rotatable bonds is 4. The zero-order valence-electron chi connectivity index (χ0n) is 10.7. The molecule has 1 unspecified atom stereocenters. The van der Waals surface area contributed by atoms with Crippen molar-refractivity contribution in [2.75, 3.05) is 11.9 Å². The predicted molar refractivity (Wildman–Crippen MR) is 73.2 cm³/mol. The maximum Gasteiger partial charge on any atom is 0.128 e. The first-order valence-electron chi connectivity index (χ1n) is 5.99. The molecule has 0 fully saturated rings. The van der Waals surface area contributed by atoms with Crippen LogP contribution in [0.25, 0.3) is 0 Å². The summed E-state index contributed by atoms with van der Waals surface area (Å²) in [5, 5.41) is 0. The van der Waals surface area contributed by atoms with Crippen LogP contribution in [0.3, 0.4) is 0 Å². The van der Waals surface area contributed by atoms with Gasteiger partial charge in [-0.3, -0.25) is 4.98 Å². The smallest absolute Gasteiger partial charge is 0.128 e. The second-order valence-corrected chi connectivity index (χ2v) is 4.42. The number of hydrogen-bond acceptors (Lipinski definition) is 4. The van der Waals surface area contributed by atoms with Crippen molar-refractivity contribution >= 4 is 5.82 Å². The highest BCUT2D eigenvalue weighted by Crippen LogP contribution is 2.14. The molecule has 0 aliphatic heterocycles. The van der Waals surface area contributed by atoms with E-state index in [1.165, 1.54) is 0 Å². The fourth-order valence-electron chi connectivity index (χ4n) is 1.71. The van der Waals surface area contributed by atoms with E-state index >= 15 is 0 Å². The average Bonchev–Trinajstić information content (AvgIpc) is 2.40. The minimum atomic E-state index is 0.0210. The molecule has 0 radical (unpaired) electrons. The van der Waals surface area contributed by atoms with Gasteiger partial charge in [0.25, 0.3) is 0 Å².